The summed E-state index contributed by atoms with van der Waals surface area (Å²) in [6.45, 7) is 4.63. The highest BCUT2D eigenvalue weighted by Crippen LogP contribution is 2.46. The van der Waals surface area contributed by atoms with Gasteiger partial charge in [-0.2, -0.15) is 0 Å². The molecule has 1 unspecified atom stereocenters. The fourth-order valence-electron chi connectivity index (χ4n) is 4.07. The molecule has 1 aliphatic rings. The van der Waals surface area contributed by atoms with E-state index >= 15 is 0 Å². The molecule has 1 aliphatic heterocycles. The van der Waals surface area contributed by atoms with Crippen molar-refractivity contribution in [1.82, 2.24) is 0 Å². The molecule has 0 bridgehead atoms. The van der Waals surface area contributed by atoms with E-state index in [9.17, 15) is 19.8 Å². The van der Waals surface area contributed by atoms with E-state index in [1.165, 1.54) is 22.3 Å². The number of ketones is 1. The summed E-state index contributed by atoms with van der Waals surface area (Å²) in [7, 11) is 0. The van der Waals surface area contributed by atoms with Gasteiger partial charge in [0.2, 0.25) is 0 Å². The Labute approximate surface area is 202 Å². The molecule has 1 saturated heterocycles. The normalized spacial score (nSPS) is 17.4. The fourth-order valence-corrected chi connectivity index (χ4v) is 5.09. The summed E-state index contributed by atoms with van der Waals surface area (Å²) in [6.07, 6.45) is 3.17. The van der Waals surface area contributed by atoms with Crippen LogP contribution in [0.3, 0.4) is 0 Å². The number of carbonyl (C=O) groups excluding carboxylic acids is 2. The third-order valence-electron chi connectivity index (χ3n) is 5.88. The number of unbranched alkanes of at least 4 members (excludes halogenated alkanes) is 2. The minimum absolute atomic E-state index is 0.00424. The number of aliphatic hydroxyl groups excluding tert-OH is 1. The highest BCUT2D eigenvalue weighted by atomic mass is 32.1. The van der Waals surface area contributed by atoms with Crippen molar-refractivity contribution in [3.8, 4) is 11.5 Å². The molecule has 1 amide bonds. The molecule has 4 rings (SSSR count). The predicted molar refractivity (Wildman–Crippen MR) is 133 cm³/mol. The maximum atomic E-state index is 13.2. The Bertz CT molecular complexity index is 1230. The predicted octanol–water partition coefficient (Wildman–Crippen LogP) is 5.96. The van der Waals surface area contributed by atoms with Crippen molar-refractivity contribution in [1.29, 1.82) is 0 Å². The third kappa shape index (κ3) is 4.43. The molecule has 3 aromatic rings. The number of hydrogen-bond acceptors (Lipinski definition) is 6. The zero-order valence-corrected chi connectivity index (χ0v) is 20.0. The van der Waals surface area contributed by atoms with E-state index in [1.54, 1.807) is 42.5 Å². The quantitative estimate of drug-likeness (QED) is 0.181. The Balaban J connectivity index is 1.76. The number of Topliss-reactive ketones (excluding diaryl/α,β-unsaturated/α-hetero) is 1. The number of rotatable bonds is 8. The number of ether oxygens (including phenoxy) is 1. The van der Waals surface area contributed by atoms with E-state index in [-0.39, 0.29) is 22.8 Å². The number of phenolic OH excluding ortho intramolecular Hbond substituents is 1. The second-order valence-electron chi connectivity index (χ2n) is 8.21. The van der Waals surface area contributed by atoms with Crippen LogP contribution in [0.25, 0.3) is 5.76 Å². The number of aliphatic hydroxyl groups is 1. The van der Waals surface area contributed by atoms with Crippen LogP contribution in [0.4, 0.5) is 5.69 Å². The summed E-state index contributed by atoms with van der Waals surface area (Å²) in [5.74, 6) is -1.29. The van der Waals surface area contributed by atoms with E-state index in [0.29, 0.717) is 17.9 Å². The Morgan fingerprint density at radius 2 is 1.79 bits per heavy atom. The maximum absolute atomic E-state index is 13.2. The zero-order chi connectivity index (χ0) is 24.2. The Kier molecular flexibility index (Phi) is 7.03. The summed E-state index contributed by atoms with van der Waals surface area (Å²) >= 11 is 1.39. The molecule has 1 aromatic heterocycles. The number of amides is 1. The van der Waals surface area contributed by atoms with Crippen molar-refractivity contribution in [3.63, 3.8) is 0 Å². The SMILES string of the molecule is CCCCCOc1ccc(/C(O)=C2/C(=O)C(=O)N(c3ccccc3O)C2c2sccc2C)cc1. The number of thiophene rings is 1. The van der Waals surface area contributed by atoms with E-state index < -0.39 is 17.7 Å². The summed E-state index contributed by atoms with van der Waals surface area (Å²) in [6, 6.07) is 14.3. The van der Waals surface area contributed by atoms with Gasteiger partial charge >= 0.3 is 0 Å². The van der Waals surface area contributed by atoms with E-state index in [1.807, 2.05) is 18.4 Å². The third-order valence-corrected chi connectivity index (χ3v) is 6.95. The number of aryl methyl sites for hydroxylation is 1. The molecular weight excluding hydrogens is 450 g/mol. The minimum Gasteiger partial charge on any atom is -0.507 e. The first-order valence-electron chi connectivity index (χ1n) is 11.3. The number of benzene rings is 2. The van der Waals surface area contributed by atoms with Crippen LogP contribution in [0.5, 0.6) is 11.5 Å². The first-order chi connectivity index (χ1) is 16.4. The highest BCUT2D eigenvalue weighted by molar-refractivity contribution is 7.10. The summed E-state index contributed by atoms with van der Waals surface area (Å²) in [5.41, 5.74) is 1.52. The number of para-hydroxylation sites is 2. The van der Waals surface area contributed by atoms with Gasteiger partial charge in [0.1, 0.15) is 23.3 Å². The molecule has 0 saturated carbocycles. The first-order valence-corrected chi connectivity index (χ1v) is 12.2. The number of carbonyl (C=O) groups is 2. The molecule has 176 valence electrons. The van der Waals surface area contributed by atoms with Crippen LogP contribution in [0.2, 0.25) is 0 Å². The van der Waals surface area contributed by atoms with Gasteiger partial charge in [-0.25, -0.2) is 0 Å². The average molecular weight is 478 g/mol. The Hall–Kier alpha value is -3.58. The molecule has 1 atom stereocenters. The summed E-state index contributed by atoms with van der Waals surface area (Å²) in [5, 5.41) is 23.5. The summed E-state index contributed by atoms with van der Waals surface area (Å²) < 4.78 is 5.74. The highest BCUT2D eigenvalue weighted by Gasteiger charge is 2.48. The van der Waals surface area contributed by atoms with Gasteiger partial charge in [0, 0.05) is 10.4 Å². The number of anilines is 1. The smallest absolute Gasteiger partial charge is 0.300 e. The van der Waals surface area contributed by atoms with Gasteiger partial charge in [0.15, 0.2) is 0 Å². The lowest BCUT2D eigenvalue weighted by atomic mass is 9.98. The molecular formula is C27H27NO5S. The van der Waals surface area contributed by atoms with Gasteiger partial charge in [-0.05, 0) is 66.8 Å². The second-order valence-corrected chi connectivity index (χ2v) is 9.15. The van der Waals surface area contributed by atoms with Gasteiger partial charge in [0.05, 0.1) is 17.9 Å². The van der Waals surface area contributed by atoms with Crippen molar-refractivity contribution in [2.75, 3.05) is 11.5 Å². The van der Waals surface area contributed by atoms with Gasteiger partial charge in [-0.1, -0.05) is 31.9 Å². The summed E-state index contributed by atoms with van der Waals surface area (Å²) in [4.78, 5) is 28.4. The van der Waals surface area contributed by atoms with Crippen molar-refractivity contribution < 1.29 is 24.5 Å². The number of aromatic hydroxyl groups is 1. The molecule has 2 heterocycles. The molecule has 0 spiro atoms. The molecule has 6 nitrogen and oxygen atoms in total. The van der Waals surface area contributed by atoms with Gasteiger partial charge in [0.25, 0.3) is 11.7 Å². The number of hydrogen-bond donors (Lipinski definition) is 2. The lowest BCUT2D eigenvalue weighted by Crippen LogP contribution is -2.29. The van der Waals surface area contributed by atoms with Crippen LogP contribution in [0.1, 0.15) is 48.2 Å². The van der Waals surface area contributed by atoms with Crippen LogP contribution in [-0.2, 0) is 9.59 Å². The van der Waals surface area contributed by atoms with E-state index in [0.717, 1.165) is 29.7 Å². The largest absolute Gasteiger partial charge is 0.507 e. The lowest BCUT2D eigenvalue weighted by Gasteiger charge is -2.25. The average Bonchev–Trinajstić information content (AvgIpc) is 3.37. The lowest BCUT2D eigenvalue weighted by molar-refractivity contribution is -0.132. The standard InChI is InChI=1S/C27H27NO5S/c1-3-4-7-15-33-19-12-10-18(11-13-19)24(30)22-23(26-17(2)14-16-34-26)28(27(32)25(22)31)20-8-5-6-9-21(20)29/h5-6,8-14,16,23,29-30H,3-4,7,15H2,1-2H3/b24-22-. The Morgan fingerprint density at radius 3 is 2.44 bits per heavy atom. The fraction of sp³-hybridized carbons (Fsp3) is 0.259. The molecule has 34 heavy (non-hydrogen) atoms. The topological polar surface area (TPSA) is 87.1 Å². The van der Waals surface area contributed by atoms with Crippen molar-refractivity contribution in [2.24, 2.45) is 0 Å². The number of nitrogens with zero attached hydrogens (tertiary/aromatic N) is 1. The molecule has 1 fully saturated rings. The zero-order valence-electron chi connectivity index (χ0n) is 19.2. The van der Waals surface area contributed by atoms with Crippen molar-refractivity contribution >= 4 is 34.5 Å². The molecule has 7 heteroatoms. The van der Waals surface area contributed by atoms with Crippen LogP contribution in [0.15, 0.2) is 65.6 Å². The van der Waals surface area contributed by atoms with Crippen LogP contribution in [0, 0.1) is 6.92 Å². The van der Waals surface area contributed by atoms with Crippen molar-refractivity contribution in [2.45, 2.75) is 39.2 Å². The maximum Gasteiger partial charge on any atom is 0.300 e. The molecule has 0 aliphatic carbocycles. The van der Waals surface area contributed by atoms with Gasteiger partial charge < -0.3 is 14.9 Å². The van der Waals surface area contributed by atoms with Crippen LogP contribution < -0.4 is 9.64 Å². The van der Waals surface area contributed by atoms with Crippen molar-refractivity contribution in [3.05, 3.63) is 81.6 Å². The van der Waals surface area contributed by atoms with Gasteiger partial charge in [-0.15, -0.1) is 11.3 Å². The van der Waals surface area contributed by atoms with Gasteiger partial charge in [-0.3, -0.25) is 14.5 Å². The van der Waals surface area contributed by atoms with Crippen LogP contribution >= 0.6 is 11.3 Å². The second kappa shape index (κ2) is 10.1. The van der Waals surface area contributed by atoms with Crippen LogP contribution in [-0.4, -0.2) is 28.5 Å². The monoisotopic (exact) mass is 477 g/mol. The molecule has 2 aromatic carbocycles. The van der Waals surface area contributed by atoms with E-state index in [2.05, 4.69) is 6.92 Å². The molecule has 0 radical (unpaired) electrons. The first kappa shape index (κ1) is 23.6. The Morgan fingerprint density at radius 1 is 1.06 bits per heavy atom. The van der Waals surface area contributed by atoms with E-state index in [4.69, 9.17) is 4.74 Å². The number of phenols is 1. The molecule has 2 N–H and O–H groups in total. The minimum atomic E-state index is -0.849.